The largest absolute Gasteiger partial charge is 1.00 e. The van der Waals surface area contributed by atoms with Crippen LogP contribution in [0.4, 0.5) is 0 Å². The maximum Gasteiger partial charge on any atom is 0.299 e. The molecule has 18 nitrogen and oxygen atoms in total. The van der Waals surface area contributed by atoms with Gasteiger partial charge in [0.25, 0.3) is 38.5 Å². The van der Waals surface area contributed by atoms with Gasteiger partial charge in [-0.3, -0.25) is 0 Å². The van der Waals surface area contributed by atoms with Crippen molar-refractivity contribution in [3.8, 4) is 0 Å². The lowest BCUT2D eigenvalue weighted by Crippen LogP contribution is -3.00. The maximum atomic E-state index is 4.25. The van der Waals surface area contributed by atoms with Crippen LogP contribution in [0.1, 0.15) is 231 Å². The van der Waals surface area contributed by atoms with E-state index in [1.165, 1.54) is 467 Å². The lowest BCUT2D eigenvalue weighted by atomic mass is 10.4. The molecule has 636 valence electrons. The first-order valence-electron chi connectivity index (χ1n) is 43.0. The van der Waals surface area contributed by atoms with Gasteiger partial charge in [0, 0.05) is 236 Å². The van der Waals surface area contributed by atoms with Gasteiger partial charge < -0.3 is 28.2 Å². The molecule has 0 aromatic heterocycles. The van der Waals surface area contributed by atoms with E-state index in [0.29, 0.717) is 0 Å². The Kier molecular flexibility index (Phi) is 45.1. The molecule has 18 saturated heterocycles. The molecular formula is C72H144Br6F6N18P6. The number of nitrogens with zero attached hydrogens (tertiary/aromatic N) is 18. The van der Waals surface area contributed by atoms with Crippen molar-refractivity contribution in [3.05, 3.63) is 0 Å². The van der Waals surface area contributed by atoms with Crippen molar-refractivity contribution in [1.82, 2.24) is 84.1 Å². The average Bonchev–Trinajstić information content (AvgIpc) is 1.65. The normalized spacial score (nSPS) is 27.8. The van der Waals surface area contributed by atoms with Gasteiger partial charge in [0.15, 0.2) is 0 Å². The second-order valence-corrected chi connectivity index (χ2v) is 66.1. The summed E-state index contributed by atoms with van der Waals surface area (Å²) in [5, 5.41) is 0. The summed E-state index contributed by atoms with van der Waals surface area (Å²) in [5.74, 6) is 0. The molecule has 18 heterocycles. The van der Waals surface area contributed by atoms with Gasteiger partial charge in [0.2, 0.25) is 92.9 Å². The zero-order chi connectivity index (χ0) is 70.3. The van der Waals surface area contributed by atoms with E-state index in [0.717, 1.165) is 0 Å². The van der Waals surface area contributed by atoms with Gasteiger partial charge in [-0.1, -0.05) is 0 Å². The van der Waals surface area contributed by atoms with Gasteiger partial charge in [-0.05, 0) is 231 Å². The van der Waals surface area contributed by atoms with Gasteiger partial charge in [-0.15, -0.1) is 84.1 Å². The van der Waals surface area contributed by atoms with E-state index in [1.54, 1.807) is 0 Å². The molecule has 36 heteroatoms. The predicted molar refractivity (Wildman–Crippen MR) is 470 cm³/mol. The molecule has 0 N–H and O–H groups in total. The Morgan fingerprint density at radius 1 is 0.0926 bits per heavy atom. The fourth-order valence-corrected chi connectivity index (χ4v) is 58.2. The fourth-order valence-electron chi connectivity index (χ4n) is 20.4. The topological polar surface area (TPSA) is 58.3 Å². The minimum atomic E-state index is -1.30. The second kappa shape index (κ2) is 49.0. The highest BCUT2D eigenvalue weighted by atomic mass is 79.9. The van der Waals surface area contributed by atoms with Crippen molar-refractivity contribution in [1.29, 1.82) is 0 Å². The molecule has 0 saturated carbocycles. The van der Waals surface area contributed by atoms with Crippen molar-refractivity contribution >= 4 is 131 Å². The van der Waals surface area contributed by atoms with Crippen molar-refractivity contribution < 1.29 is 28.2 Å². The molecule has 0 spiro atoms. The van der Waals surface area contributed by atoms with Crippen LogP contribution in [-0.4, -0.2) is 320 Å². The summed E-state index contributed by atoms with van der Waals surface area (Å²) in [6, 6.07) is 0. The number of rotatable bonds is 18. The van der Waals surface area contributed by atoms with Crippen LogP contribution in [0.3, 0.4) is 0 Å². The fraction of sp³-hybridized carbons (Fsp3) is 1.00. The predicted octanol–water partition coefficient (Wildman–Crippen LogP) is 2.10. The maximum absolute atomic E-state index is 4.25. The third kappa shape index (κ3) is 23.2. The summed E-state index contributed by atoms with van der Waals surface area (Å²) in [4.78, 5) is 0. The molecule has 0 aromatic rings. The lowest BCUT2D eigenvalue weighted by Gasteiger charge is -2.38. The van der Waals surface area contributed by atoms with Crippen molar-refractivity contribution in [2.45, 2.75) is 231 Å². The monoisotopic (exact) mass is 2030 g/mol. The summed E-state index contributed by atoms with van der Waals surface area (Å²) in [6.07, 6.45) is 42.5. The van der Waals surface area contributed by atoms with Crippen molar-refractivity contribution in [2.24, 2.45) is 0 Å². The van der Waals surface area contributed by atoms with Gasteiger partial charge in [-0.25, -0.2) is 0 Å². The Labute approximate surface area is 704 Å². The zero-order valence-corrected chi connectivity index (χ0v) is 81.1. The Morgan fingerprint density at radius 3 is 0.167 bits per heavy atom. The first kappa shape index (κ1) is 99.4. The molecule has 18 rings (SSSR count). The standard InChI is InChI=1S/6C12H24BrN3P.6FH/c6*13-17(14-7-1-2-8-14,15-9-3-4-10-15)16-11-5-6-12-16;;;;;;/h6*1-12H2;6*1H/q6*+1;;;;;;/p-6. The molecule has 108 heavy (non-hydrogen) atoms. The SMILES string of the molecule is Br[P+](N1CCCC1)(N1CCCC1)N1CCCC1.Br[P+](N1CCCC1)(N1CCCC1)N1CCCC1.Br[P+](N1CCCC1)(N1CCCC1)N1CCCC1.Br[P+](N1CCCC1)(N1CCCC1)N1CCCC1.Br[P+](N1CCCC1)(N1CCCC1)N1CCCC1.Br[P+](N1CCCC1)(N1CCCC1)N1CCCC1.[F-].[F-].[F-].[F-].[F-].[F-]. The summed E-state index contributed by atoms with van der Waals surface area (Å²) >= 11 is 25.5. The third-order valence-corrected chi connectivity index (χ3v) is 70.3. The van der Waals surface area contributed by atoms with Crippen LogP contribution in [0, 0.1) is 0 Å². The van der Waals surface area contributed by atoms with E-state index in [9.17, 15) is 0 Å². The first-order valence-corrected chi connectivity index (χ1v) is 65.0. The lowest BCUT2D eigenvalue weighted by molar-refractivity contribution is -0.00100. The number of halogens is 12. The van der Waals surface area contributed by atoms with E-state index in [1.807, 2.05) is 0 Å². The average molecular weight is 2040 g/mol. The Hall–Kier alpha value is 4.32. The Bertz CT molecular complexity index is 1760. The number of hydrogen-bond donors (Lipinski definition) is 0. The molecule has 18 fully saturated rings. The van der Waals surface area contributed by atoms with Crippen LogP contribution in [0.5, 0.6) is 0 Å². The number of hydrogen-bond acceptors (Lipinski definition) is 18. The molecule has 0 amide bonds. The molecule has 18 aliphatic heterocycles. The van der Waals surface area contributed by atoms with Gasteiger partial charge in [-0.2, -0.15) is 0 Å². The Balaban J connectivity index is 0.000000179. The van der Waals surface area contributed by atoms with E-state index < -0.39 is 38.5 Å². The molecule has 0 aromatic carbocycles. The summed E-state index contributed by atoms with van der Waals surface area (Å²) in [5.41, 5.74) is 0. The molecule has 0 bridgehead atoms. The molecule has 0 atom stereocenters. The van der Waals surface area contributed by atoms with Gasteiger partial charge in [0.1, 0.15) is 0 Å². The molecule has 0 unspecified atom stereocenters. The van der Waals surface area contributed by atoms with Crippen LogP contribution in [-0.2, 0) is 0 Å². The van der Waals surface area contributed by atoms with Crippen LogP contribution in [0.25, 0.3) is 0 Å². The smallest absolute Gasteiger partial charge is 0.299 e. The van der Waals surface area contributed by atoms with Gasteiger partial charge in [0.05, 0.1) is 0 Å². The highest BCUT2D eigenvalue weighted by Crippen LogP contribution is 2.81. The van der Waals surface area contributed by atoms with E-state index in [4.69, 9.17) is 0 Å². The Morgan fingerprint density at radius 2 is 0.130 bits per heavy atom. The molecule has 18 aliphatic rings. The minimum Gasteiger partial charge on any atom is -1.00 e. The summed E-state index contributed by atoms with van der Waals surface area (Å²) in [6.45, 7) is 47.2. The van der Waals surface area contributed by atoms with E-state index >= 15 is 0 Å². The first-order chi connectivity index (χ1) is 49.9. The van der Waals surface area contributed by atoms with Crippen LogP contribution in [0.2, 0.25) is 0 Å². The second-order valence-electron chi connectivity index (χ2n) is 32.9. The third-order valence-electron chi connectivity index (χ3n) is 26.0. The summed E-state index contributed by atoms with van der Waals surface area (Å²) in [7, 11) is 0. The summed E-state index contributed by atoms with van der Waals surface area (Å²) < 4.78 is 50.1. The highest BCUT2D eigenvalue weighted by molar-refractivity contribution is 9.42. The van der Waals surface area contributed by atoms with Crippen LogP contribution < -0.4 is 28.2 Å². The minimum absolute atomic E-state index is 0. The molecule has 0 aliphatic carbocycles. The highest BCUT2D eigenvalue weighted by Gasteiger charge is 2.63. The zero-order valence-electron chi connectivity index (χ0n) is 66.2. The molecule has 0 radical (unpaired) electrons. The van der Waals surface area contributed by atoms with Crippen molar-refractivity contribution in [2.75, 3.05) is 236 Å². The van der Waals surface area contributed by atoms with Crippen LogP contribution in [0.15, 0.2) is 0 Å². The van der Waals surface area contributed by atoms with Gasteiger partial charge >= 0.3 is 0 Å². The molecular weight excluding hydrogens is 1900 g/mol. The van der Waals surface area contributed by atoms with Crippen LogP contribution >= 0.6 is 131 Å². The van der Waals surface area contributed by atoms with E-state index in [-0.39, 0.29) is 28.2 Å². The van der Waals surface area contributed by atoms with Crippen molar-refractivity contribution in [3.63, 3.8) is 0 Å². The quantitative estimate of drug-likeness (QED) is 0.149. The van der Waals surface area contributed by atoms with E-state index in [2.05, 4.69) is 177 Å².